The Morgan fingerprint density at radius 1 is 1.44 bits per heavy atom. The molecule has 1 unspecified atom stereocenters. The minimum atomic E-state index is -0.227. The molecule has 1 atom stereocenters. The zero-order valence-electron chi connectivity index (χ0n) is 12.2. The van der Waals surface area contributed by atoms with E-state index in [9.17, 15) is 4.79 Å². The Bertz CT molecular complexity index is 328. The zero-order valence-corrected chi connectivity index (χ0v) is 12.2. The summed E-state index contributed by atoms with van der Waals surface area (Å²) < 4.78 is 0. The molecule has 1 aliphatic heterocycles. The number of unbranched alkanes of at least 4 members (excludes halogenated alkanes) is 1. The van der Waals surface area contributed by atoms with Gasteiger partial charge in [0.25, 0.3) is 0 Å². The Hall–Kier alpha value is -1.04. The molecule has 3 nitrogen and oxygen atoms in total. The molecule has 18 heavy (non-hydrogen) atoms. The maximum atomic E-state index is 11.8. The van der Waals surface area contributed by atoms with Gasteiger partial charge in [-0.25, -0.2) is 0 Å². The lowest BCUT2D eigenvalue weighted by atomic mass is 9.89. The van der Waals surface area contributed by atoms with Crippen molar-refractivity contribution in [3.8, 4) is 6.07 Å². The van der Waals surface area contributed by atoms with Crippen molar-refractivity contribution >= 4 is 5.91 Å². The number of carbonyl (C=O) groups is 1. The van der Waals surface area contributed by atoms with E-state index in [1.54, 1.807) is 0 Å². The van der Waals surface area contributed by atoms with Crippen LogP contribution in [0.25, 0.3) is 0 Å². The van der Waals surface area contributed by atoms with E-state index in [-0.39, 0.29) is 5.41 Å². The lowest BCUT2D eigenvalue weighted by molar-refractivity contribution is -0.127. The molecule has 0 radical (unpaired) electrons. The molecule has 0 aliphatic carbocycles. The summed E-state index contributed by atoms with van der Waals surface area (Å²) in [4.78, 5) is 13.8. The minimum absolute atomic E-state index is 0.227. The first kappa shape index (κ1) is 15.0. The fourth-order valence-corrected chi connectivity index (χ4v) is 2.39. The van der Waals surface area contributed by atoms with Crippen molar-refractivity contribution in [2.75, 3.05) is 13.1 Å². The van der Waals surface area contributed by atoms with E-state index in [0.717, 1.165) is 38.8 Å². The Kier molecular flexibility index (Phi) is 5.19. The van der Waals surface area contributed by atoms with Crippen LogP contribution in [0.5, 0.6) is 0 Å². The highest BCUT2D eigenvalue weighted by molar-refractivity contribution is 5.78. The summed E-state index contributed by atoms with van der Waals surface area (Å²) in [6, 6.07) is 2.32. The summed E-state index contributed by atoms with van der Waals surface area (Å²) >= 11 is 0. The summed E-state index contributed by atoms with van der Waals surface area (Å²) in [6.07, 6.45) is 3.68. The molecule has 0 aromatic carbocycles. The summed E-state index contributed by atoms with van der Waals surface area (Å²) in [5.74, 6) is 1.44. The quantitative estimate of drug-likeness (QED) is 0.679. The highest BCUT2D eigenvalue weighted by Gasteiger charge is 2.30. The minimum Gasteiger partial charge on any atom is -0.342 e. The molecule has 0 aromatic heterocycles. The lowest BCUT2D eigenvalue weighted by Crippen LogP contribution is -2.27. The van der Waals surface area contributed by atoms with Gasteiger partial charge < -0.3 is 4.90 Å². The first-order valence-electron chi connectivity index (χ1n) is 7.05. The van der Waals surface area contributed by atoms with Crippen molar-refractivity contribution in [3.63, 3.8) is 0 Å². The van der Waals surface area contributed by atoms with Crippen LogP contribution in [0, 0.1) is 28.6 Å². The predicted octanol–water partition coefficient (Wildman–Crippen LogP) is 3.21. The maximum Gasteiger partial charge on any atom is 0.222 e. The van der Waals surface area contributed by atoms with Crippen LogP contribution < -0.4 is 0 Å². The van der Waals surface area contributed by atoms with Crippen LogP contribution in [0.3, 0.4) is 0 Å². The Morgan fingerprint density at radius 2 is 2.11 bits per heavy atom. The fraction of sp³-hybridized carbons (Fsp3) is 0.867. The molecular formula is C15H26N2O. The van der Waals surface area contributed by atoms with Crippen LogP contribution in [-0.2, 0) is 4.79 Å². The number of nitrogens with zero attached hydrogens (tertiary/aromatic N) is 2. The molecule has 0 saturated carbocycles. The van der Waals surface area contributed by atoms with Crippen molar-refractivity contribution < 1.29 is 4.79 Å². The average Bonchev–Trinajstić information content (AvgIpc) is 2.67. The molecule has 3 heteroatoms. The molecule has 0 spiro atoms. The topological polar surface area (TPSA) is 44.1 Å². The molecular weight excluding hydrogens is 224 g/mol. The number of amides is 1. The molecule has 0 aromatic rings. The second kappa shape index (κ2) is 6.22. The summed E-state index contributed by atoms with van der Waals surface area (Å²) in [5, 5.41) is 8.93. The lowest BCUT2D eigenvalue weighted by Gasteiger charge is -2.19. The van der Waals surface area contributed by atoms with Gasteiger partial charge >= 0.3 is 0 Å². The third-order valence-electron chi connectivity index (χ3n) is 3.97. The Labute approximate surface area is 111 Å². The van der Waals surface area contributed by atoms with Gasteiger partial charge in [0.1, 0.15) is 0 Å². The van der Waals surface area contributed by atoms with Crippen LogP contribution in [-0.4, -0.2) is 23.9 Å². The number of likely N-dealkylation sites (tertiary alicyclic amines) is 1. The van der Waals surface area contributed by atoms with Gasteiger partial charge in [-0.1, -0.05) is 20.3 Å². The third kappa shape index (κ3) is 4.33. The van der Waals surface area contributed by atoms with Gasteiger partial charge in [0, 0.05) is 19.5 Å². The van der Waals surface area contributed by atoms with Gasteiger partial charge in [-0.3, -0.25) is 4.79 Å². The van der Waals surface area contributed by atoms with Crippen LogP contribution in [0.2, 0.25) is 0 Å². The molecule has 1 rings (SSSR count). The van der Waals surface area contributed by atoms with E-state index in [0.29, 0.717) is 17.7 Å². The normalized spacial score (nSPS) is 20.6. The van der Waals surface area contributed by atoms with E-state index in [2.05, 4.69) is 19.9 Å². The predicted molar refractivity (Wildman–Crippen MR) is 72.8 cm³/mol. The van der Waals surface area contributed by atoms with Crippen LogP contribution in [0.4, 0.5) is 0 Å². The SMILES string of the molecule is CC(C)C1CC(=O)N(CCCCC(C)(C)C#N)C1. The largest absolute Gasteiger partial charge is 0.342 e. The monoisotopic (exact) mass is 250 g/mol. The number of rotatable bonds is 6. The van der Waals surface area contributed by atoms with E-state index < -0.39 is 0 Å². The van der Waals surface area contributed by atoms with Gasteiger partial charge in [0.05, 0.1) is 11.5 Å². The number of carbonyl (C=O) groups excluding carboxylic acids is 1. The van der Waals surface area contributed by atoms with Gasteiger partial charge in [-0.2, -0.15) is 5.26 Å². The van der Waals surface area contributed by atoms with E-state index >= 15 is 0 Å². The second-order valence-electron chi connectivity index (χ2n) is 6.50. The Morgan fingerprint density at radius 3 is 2.61 bits per heavy atom. The molecule has 0 bridgehead atoms. The summed E-state index contributed by atoms with van der Waals surface area (Å²) in [6.45, 7) is 10.1. The van der Waals surface area contributed by atoms with Crippen molar-refractivity contribution in [2.45, 2.75) is 53.4 Å². The van der Waals surface area contributed by atoms with Gasteiger partial charge in [-0.15, -0.1) is 0 Å². The van der Waals surface area contributed by atoms with Gasteiger partial charge in [0.2, 0.25) is 5.91 Å². The highest BCUT2D eigenvalue weighted by atomic mass is 16.2. The standard InChI is InChI=1S/C15H26N2O/c1-12(2)13-9-14(18)17(10-13)8-6-5-7-15(3,4)11-16/h12-13H,5-10H2,1-4H3. The molecule has 1 heterocycles. The highest BCUT2D eigenvalue weighted by Crippen LogP contribution is 2.26. The molecule has 1 aliphatic rings. The average molecular weight is 250 g/mol. The molecule has 1 amide bonds. The van der Waals surface area contributed by atoms with E-state index in [1.165, 1.54) is 0 Å². The summed E-state index contributed by atoms with van der Waals surface area (Å²) in [5.41, 5.74) is -0.227. The van der Waals surface area contributed by atoms with Crippen molar-refractivity contribution in [1.29, 1.82) is 5.26 Å². The molecule has 1 saturated heterocycles. The van der Waals surface area contributed by atoms with E-state index in [4.69, 9.17) is 5.26 Å². The molecule has 102 valence electrons. The van der Waals surface area contributed by atoms with Crippen molar-refractivity contribution in [1.82, 2.24) is 4.90 Å². The van der Waals surface area contributed by atoms with E-state index in [1.807, 2.05) is 18.7 Å². The van der Waals surface area contributed by atoms with Crippen molar-refractivity contribution in [2.24, 2.45) is 17.3 Å². The third-order valence-corrected chi connectivity index (χ3v) is 3.97. The fourth-order valence-electron chi connectivity index (χ4n) is 2.39. The number of hydrogen-bond donors (Lipinski definition) is 0. The van der Waals surface area contributed by atoms with Crippen LogP contribution in [0.1, 0.15) is 53.4 Å². The first-order chi connectivity index (χ1) is 8.35. The number of nitriles is 1. The van der Waals surface area contributed by atoms with Crippen molar-refractivity contribution in [3.05, 3.63) is 0 Å². The van der Waals surface area contributed by atoms with Crippen LogP contribution >= 0.6 is 0 Å². The van der Waals surface area contributed by atoms with Crippen LogP contribution in [0.15, 0.2) is 0 Å². The smallest absolute Gasteiger partial charge is 0.222 e. The molecule has 0 N–H and O–H groups in total. The molecule has 1 fully saturated rings. The second-order valence-corrected chi connectivity index (χ2v) is 6.50. The summed E-state index contributed by atoms with van der Waals surface area (Å²) in [7, 11) is 0. The van der Waals surface area contributed by atoms with Gasteiger partial charge in [0.15, 0.2) is 0 Å². The first-order valence-corrected chi connectivity index (χ1v) is 7.05. The number of hydrogen-bond acceptors (Lipinski definition) is 2. The maximum absolute atomic E-state index is 11.8. The Balaban J connectivity index is 2.25. The zero-order chi connectivity index (χ0) is 13.8. The van der Waals surface area contributed by atoms with Gasteiger partial charge in [-0.05, 0) is 38.5 Å².